The molecule has 0 heterocycles. The normalized spacial score (nSPS) is 10.8. The summed E-state index contributed by atoms with van der Waals surface area (Å²) in [6.07, 6.45) is 0. The van der Waals surface area contributed by atoms with Gasteiger partial charge in [-0.15, -0.1) is 24.0 Å². The molecule has 142 valence electrons. The third-order valence-corrected chi connectivity index (χ3v) is 3.70. The summed E-state index contributed by atoms with van der Waals surface area (Å²) >= 11 is 0. The number of nitrogens with zero attached hydrogens (tertiary/aromatic N) is 2. The van der Waals surface area contributed by atoms with E-state index in [2.05, 4.69) is 10.3 Å². The number of hydrogen-bond donors (Lipinski definition) is 2. The second kappa shape index (κ2) is 10.8. The highest BCUT2D eigenvalue weighted by molar-refractivity contribution is 14.0. The first kappa shape index (κ1) is 22.0. The number of nitrogens with one attached hydrogen (secondary N) is 1. The number of halogens is 2. The molecule has 26 heavy (non-hydrogen) atoms. The lowest BCUT2D eigenvalue weighted by atomic mass is 10.2. The third kappa shape index (κ3) is 6.36. The molecule has 0 aromatic heterocycles. The van der Waals surface area contributed by atoms with Gasteiger partial charge >= 0.3 is 0 Å². The van der Waals surface area contributed by atoms with E-state index >= 15 is 0 Å². The van der Waals surface area contributed by atoms with Crippen molar-refractivity contribution >= 4 is 29.9 Å². The number of hydrogen-bond acceptors (Lipinski definition) is 3. The molecule has 2 N–H and O–H groups in total. The van der Waals surface area contributed by atoms with Crippen molar-refractivity contribution in [2.24, 2.45) is 4.99 Å². The second-order valence-electron chi connectivity index (χ2n) is 5.66. The van der Waals surface area contributed by atoms with Gasteiger partial charge in [0.05, 0.1) is 13.7 Å². The summed E-state index contributed by atoms with van der Waals surface area (Å²) in [4.78, 5) is 6.54. The standard InChI is InChI=1S/C19H24FN3O2.HI/c1-4-21-19(22-12-15-7-10-18(24)17(20)11-15)23(2)13-14-5-8-16(25-3)9-6-14;/h5-11,24H,4,12-13H2,1-3H3,(H,21,22);1H. The van der Waals surface area contributed by atoms with Crippen molar-refractivity contribution in [1.82, 2.24) is 10.2 Å². The number of aliphatic imine (C=N–C) groups is 1. The van der Waals surface area contributed by atoms with Gasteiger partial charge in [0.2, 0.25) is 0 Å². The van der Waals surface area contributed by atoms with E-state index < -0.39 is 5.82 Å². The molecule has 0 saturated carbocycles. The number of rotatable bonds is 6. The van der Waals surface area contributed by atoms with Crippen molar-refractivity contribution in [1.29, 1.82) is 0 Å². The van der Waals surface area contributed by atoms with E-state index in [-0.39, 0.29) is 29.7 Å². The van der Waals surface area contributed by atoms with Crippen LogP contribution in [0, 0.1) is 5.82 Å². The minimum Gasteiger partial charge on any atom is -0.505 e. The number of phenolic OH excluding ortho intramolecular Hbond substituents is 1. The molecule has 0 unspecified atom stereocenters. The summed E-state index contributed by atoms with van der Waals surface area (Å²) in [6, 6.07) is 12.2. The number of ether oxygens (including phenoxy) is 1. The van der Waals surface area contributed by atoms with Crippen LogP contribution in [0.4, 0.5) is 4.39 Å². The Bertz CT molecular complexity index is 723. The first-order chi connectivity index (χ1) is 12.0. The van der Waals surface area contributed by atoms with Crippen LogP contribution in [0.5, 0.6) is 11.5 Å². The topological polar surface area (TPSA) is 57.1 Å². The van der Waals surface area contributed by atoms with Crippen molar-refractivity contribution in [3.63, 3.8) is 0 Å². The molecular weight excluding hydrogens is 448 g/mol. The maximum absolute atomic E-state index is 13.4. The molecule has 0 spiro atoms. The Morgan fingerprint density at radius 2 is 1.85 bits per heavy atom. The average Bonchev–Trinajstić information content (AvgIpc) is 2.62. The van der Waals surface area contributed by atoms with Crippen LogP contribution in [0.2, 0.25) is 0 Å². The number of guanidine groups is 1. The van der Waals surface area contributed by atoms with Crippen molar-refractivity contribution in [3.8, 4) is 11.5 Å². The van der Waals surface area contributed by atoms with Crippen LogP contribution < -0.4 is 10.1 Å². The first-order valence-corrected chi connectivity index (χ1v) is 8.13. The largest absolute Gasteiger partial charge is 0.505 e. The van der Waals surface area contributed by atoms with Crippen LogP contribution in [-0.2, 0) is 13.1 Å². The molecule has 2 aromatic rings. The van der Waals surface area contributed by atoms with Gasteiger partial charge < -0.3 is 20.1 Å². The fourth-order valence-electron chi connectivity index (χ4n) is 2.36. The minimum absolute atomic E-state index is 0. The fourth-order valence-corrected chi connectivity index (χ4v) is 2.36. The lowest BCUT2D eigenvalue weighted by Crippen LogP contribution is -2.38. The molecule has 0 fully saturated rings. The van der Waals surface area contributed by atoms with E-state index in [1.54, 1.807) is 13.2 Å². The van der Waals surface area contributed by atoms with Crippen LogP contribution in [0.1, 0.15) is 18.1 Å². The monoisotopic (exact) mass is 473 g/mol. The predicted molar refractivity (Wildman–Crippen MR) is 113 cm³/mol. The van der Waals surface area contributed by atoms with Gasteiger partial charge in [-0.2, -0.15) is 0 Å². The lowest BCUT2D eigenvalue weighted by molar-refractivity contribution is 0.414. The molecule has 5 nitrogen and oxygen atoms in total. The lowest BCUT2D eigenvalue weighted by Gasteiger charge is -2.22. The summed E-state index contributed by atoms with van der Waals surface area (Å²) in [5, 5.41) is 12.5. The highest BCUT2D eigenvalue weighted by atomic mass is 127. The molecule has 2 aromatic carbocycles. The molecule has 0 atom stereocenters. The Labute approximate surface area is 170 Å². The van der Waals surface area contributed by atoms with Crippen molar-refractivity contribution < 1.29 is 14.2 Å². The zero-order valence-electron chi connectivity index (χ0n) is 15.2. The molecule has 0 aliphatic carbocycles. The van der Waals surface area contributed by atoms with Crippen LogP contribution in [-0.4, -0.2) is 36.7 Å². The third-order valence-electron chi connectivity index (χ3n) is 3.70. The number of aromatic hydroxyl groups is 1. The van der Waals surface area contributed by atoms with Gasteiger partial charge in [-0.3, -0.25) is 0 Å². The first-order valence-electron chi connectivity index (χ1n) is 8.13. The predicted octanol–water partition coefficient (Wildman–Crippen LogP) is 3.76. The minimum atomic E-state index is -0.635. The van der Waals surface area contributed by atoms with Gasteiger partial charge in [-0.1, -0.05) is 18.2 Å². The summed E-state index contributed by atoms with van der Waals surface area (Å²) in [6.45, 7) is 3.74. The zero-order chi connectivity index (χ0) is 18.2. The molecule has 7 heteroatoms. The average molecular weight is 473 g/mol. The van der Waals surface area contributed by atoms with Gasteiger partial charge in [0.1, 0.15) is 5.75 Å². The fraction of sp³-hybridized carbons (Fsp3) is 0.316. The van der Waals surface area contributed by atoms with E-state index in [1.807, 2.05) is 43.1 Å². The van der Waals surface area contributed by atoms with Gasteiger partial charge in [-0.05, 0) is 42.3 Å². The number of phenols is 1. The molecule has 0 radical (unpaired) electrons. The van der Waals surface area contributed by atoms with E-state index in [4.69, 9.17) is 4.74 Å². The highest BCUT2D eigenvalue weighted by Crippen LogP contribution is 2.17. The van der Waals surface area contributed by atoms with E-state index in [9.17, 15) is 9.50 Å². The van der Waals surface area contributed by atoms with Gasteiger partial charge in [-0.25, -0.2) is 9.38 Å². The van der Waals surface area contributed by atoms with Crippen molar-refractivity contribution in [2.75, 3.05) is 20.7 Å². The molecule has 0 amide bonds. The van der Waals surface area contributed by atoms with E-state index in [1.165, 1.54) is 12.1 Å². The Balaban J connectivity index is 0.00000338. The molecule has 0 aliphatic heterocycles. The molecular formula is C19H25FIN3O2. The summed E-state index contributed by atoms with van der Waals surface area (Å²) in [7, 11) is 3.59. The maximum Gasteiger partial charge on any atom is 0.194 e. The molecule has 0 aliphatic rings. The number of methoxy groups -OCH3 is 1. The highest BCUT2D eigenvalue weighted by Gasteiger charge is 2.07. The van der Waals surface area contributed by atoms with E-state index in [0.717, 1.165) is 23.8 Å². The SMILES string of the molecule is CCNC(=NCc1ccc(O)c(F)c1)N(C)Cc1ccc(OC)cc1.I. The van der Waals surface area contributed by atoms with Crippen LogP contribution in [0.3, 0.4) is 0 Å². The van der Waals surface area contributed by atoms with Crippen LogP contribution in [0.15, 0.2) is 47.5 Å². The Morgan fingerprint density at radius 3 is 2.42 bits per heavy atom. The Kier molecular flexibility index (Phi) is 9.18. The number of benzene rings is 2. The summed E-state index contributed by atoms with van der Waals surface area (Å²) in [5.41, 5.74) is 1.83. The van der Waals surface area contributed by atoms with Gasteiger partial charge in [0, 0.05) is 20.1 Å². The molecule has 0 saturated heterocycles. The zero-order valence-corrected chi connectivity index (χ0v) is 17.5. The van der Waals surface area contributed by atoms with Gasteiger partial charge in [0.15, 0.2) is 17.5 Å². The smallest absolute Gasteiger partial charge is 0.194 e. The Hall–Kier alpha value is -2.03. The summed E-state index contributed by atoms with van der Waals surface area (Å²) < 4.78 is 18.6. The second-order valence-corrected chi connectivity index (χ2v) is 5.66. The van der Waals surface area contributed by atoms with Crippen molar-refractivity contribution in [2.45, 2.75) is 20.0 Å². The Morgan fingerprint density at radius 1 is 1.19 bits per heavy atom. The van der Waals surface area contributed by atoms with E-state index in [0.29, 0.717) is 18.7 Å². The molecule has 2 rings (SSSR count). The summed E-state index contributed by atoms with van der Waals surface area (Å²) in [5.74, 6) is 0.564. The maximum atomic E-state index is 13.4. The van der Waals surface area contributed by atoms with Gasteiger partial charge in [0.25, 0.3) is 0 Å². The van der Waals surface area contributed by atoms with Crippen LogP contribution in [0.25, 0.3) is 0 Å². The van der Waals surface area contributed by atoms with Crippen molar-refractivity contribution in [3.05, 3.63) is 59.4 Å². The molecule has 0 bridgehead atoms. The quantitative estimate of drug-likeness (QED) is 0.381. The van der Waals surface area contributed by atoms with Crippen LogP contribution >= 0.6 is 24.0 Å².